The van der Waals surface area contributed by atoms with Crippen LogP contribution in [0, 0.1) is 0 Å². The van der Waals surface area contributed by atoms with Crippen LogP contribution in [0.25, 0.3) is 33.5 Å². The number of aromatic nitrogens is 3. The Kier molecular flexibility index (Phi) is 9.06. The third kappa shape index (κ3) is 6.34. The lowest BCUT2D eigenvalue weighted by Crippen LogP contribution is -2.42. The number of aliphatic hydroxyl groups excluding tert-OH is 1. The number of hydrogen-bond donors (Lipinski definition) is 1. The third-order valence-corrected chi connectivity index (χ3v) is 9.94. The number of fused-ring (bicyclic) bond motifs is 1. The van der Waals surface area contributed by atoms with Crippen LogP contribution in [0.5, 0.6) is 17.2 Å². The zero-order valence-electron chi connectivity index (χ0n) is 29.4. The van der Waals surface area contributed by atoms with E-state index in [0.717, 1.165) is 75.6 Å². The Balaban J connectivity index is 1.16. The van der Waals surface area contributed by atoms with Gasteiger partial charge in [0.25, 0.3) is 6.01 Å². The number of carbonyl (C=O) groups excluding carboxylic acids is 1. The van der Waals surface area contributed by atoms with Crippen molar-refractivity contribution in [1.82, 2.24) is 14.5 Å². The zero-order chi connectivity index (χ0) is 35.8. The zero-order valence-corrected chi connectivity index (χ0v) is 29.4. The van der Waals surface area contributed by atoms with Crippen molar-refractivity contribution < 1.29 is 33.3 Å². The quantitative estimate of drug-likeness (QED) is 0.161. The topological polar surface area (TPSA) is 125 Å². The fraction of sp³-hybridized carbons (Fsp3) is 0.325. The highest BCUT2D eigenvalue weighted by atomic mass is 16.5. The van der Waals surface area contributed by atoms with Gasteiger partial charge < -0.3 is 42.8 Å². The summed E-state index contributed by atoms with van der Waals surface area (Å²) in [6.45, 7) is 3.01. The molecule has 0 bridgehead atoms. The normalized spacial score (nSPS) is 17.1. The molecule has 12 heteroatoms. The lowest BCUT2D eigenvalue weighted by atomic mass is 10.1. The molecule has 2 aromatic heterocycles. The molecule has 1 fully saturated rings. The number of anilines is 2. The van der Waals surface area contributed by atoms with E-state index in [9.17, 15) is 9.90 Å². The minimum Gasteiger partial charge on any atom is -0.497 e. The Morgan fingerprint density at radius 3 is 2.25 bits per heavy atom. The van der Waals surface area contributed by atoms with Crippen LogP contribution in [0.3, 0.4) is 0 Å². The highest BCUT2D eigenvalue weighted by Gasteiger charge is 2.40. The molecule has 8 rings (SSSR count). The minimum atomic E-state index is -0.818. The van der Waals surface area contributed by atoms with Crippen molar-refractivity contribution >= 4 is 39.8 Å². The van der Waals surface area contributed by atoms with Crippen LogP contribution in [0.2, 0.25) is 0 Å². The van der Waals surface area contributed by atoms with Crippen LogP contribution in [0.1, 0.15) is 30.4 Å². The van der Waals surface area contributed by atoms with E-state index in [1.807, 2.05) is 83.8 Å². The molecule has 2 aliphatic heterocycles. The molecular formula is C40H41N5O7. The smallest absolute Gasteiger partial charge is 0.331 e. The summed E-state index contributed by atoms with van der Waals surface area (Å²) in [6, 6.07) is 25.6. The maximum Gasteiger partial charge on any atom is 0.331 e. The van der Waals surface area contributed by atoms with Gasteiger partial charge in [-0.15, -0.1) is 0 Å². The molecule has 0 unspecified atom stereocenters. The first kappa shape index (κ1) is 33.4. The van der Waals surface area contributed by atoms with Crippen molar-refractivity contribution in [2.24, 2.45) is 0 Å². The second-order valence-corrected chi connectivity index (χ2v) is 13.2. The molecular weight excluding hydrogens is 662 g/mol. The molecule has 1 saturated heterocycles. The molecule has 6 aromatic rings. The predicted molar refractivity (Wildman–Crippen MR) is 197 cm³/mol. The molecule has 4 heterocycles. The number of aliphatic hydroxyl groups is 1. The average molecular weight is 704 g/mol. The lowest BCUT2D eigenvalue weighted by Gasteiger charge is -2.27. The summed E-state index contributed by atoms with van der Waals surface area (Å²) in [6.07, 6.45) is 1.47. The number of nitrogens with zero attached hydrogens (tertiary/aromatic N) is 5. The van der Waals surface area contributed by atoms with E-state index in [-0.39, 0.29) is 0 Å². The van der Waals surface area contributed by atoms with Crippen molar-refractivity contribution in [1.29, 1.82) is 0 Å². The summed E-state index contributed by atoms with van der Waals surface area (Å²) in [5, 5.41) is 10.6. The number of benzene rings is 4. The first-order valence-electron chi connectivity index (χ1n) is 17.5. The summed E-state index contributed by atoms with van der Waals surface area (Å²) in [4.78, 5) is 26.8. The minimum absolute atomic E-state index is 0.463. The van der Waals surface area contributed by atoms with E-state index in [1.165, 1.54) is 7.11 Å². The molecule has 12 nitrogen and oxygen atoms in total. The van der Waals surface area contributed by atoms with Gasteiger partial charge in [0, 0.05) is 43.5 Å². The number of methoxy groups -OCH3 is 3. The first-order chi connectivity index (χ1) is 25.4. The molecule has 2 atom stereocenters. The summed E-state index contributed by atoms with van der Waals surface area (Å²) in [7, 11) is 4.67. The van der Waals surface area contributed by atoms with Crippen LogP contribution in [-0.4, -0.2) is 72.2 Å². The van der Waals surface area contributed by atoms with Gasteiger partial charge in [-0.25, -0.2) is 9.78 Å². The summed E-state index contributed by atoms with van der Waals surface area (Å²) in [5.74, 6) is 2.63. The van der Waals surface area contributed by atoms with Crippen molar-refractivity contribution in [3.8, 4) is 28.6 Å². The summed E-state index contributed by atoms with van der Waals surface area (Å²) < 4.78 is 30.7. The van der Waals surface area contributed by atoms with Gasteiger partial charge in [-0.1, -0.05) is 24.3 Å². The van der Waals surface area contributed by atoms with Gasteiger partial charge in [0.2, 0.25) is 0 Å². The number of aryl methyl sites for hydroxylation is 1. The number of ether oxygens (including phenoxy) is 4. The molecule has 0 spiro atoms. The Morgan fingerprint density at radius 1 is 0.865 bits per heavy atom. The fourth-order valence-electron chi connectivity index (χ4n) is 7.24. The molecule has 1 N–H and O–H groups in total. The molecule has 2 aliphatic rings. The summed E-state index contributed by atoms with van der Waals surface area (Å²) >= 11 is 0. The molecule has 0 amide bonds. The number of imidazole rings is 1. The lowest BCUT2D eigenvalue weighted by molar-refractivity contribution is -0.144. The molecule has 0 radical (unpaired) electrons. The Hall–Kier alpha value is -5.75. The van der Waals surface area contributed by atoms with E-state index in [4.69, 9.17) is 33.3 Å². The average Bonchev–Trinajstić information content (AvgIpc) is 3.88. The van der Waals surface area contributed by atoms with Gasteiger partial charge in [0.1, 0.15) is 34.1 Å². The van der Waals surface area contributed by atoms with Gasteiger partial charge >= 0.3 is 5.97 Å². The number of rotatable bonds is 10. The van der Waals surface area contributed by atoms with Crippen LogP contribution in [-0.2, 0) is 29.2 Å². The molecule has 52 heavy (non-hydrogen) atoms. The Labute approximate surface area is 301 Å². The van der Waals surface area contributed by atoms with Crippen LogP contribution in [0.15, 0.2) is 83.3 Å². The van der Waals surface area contributed by atoms with Gasteiger partial charge in [-0.2, -0.15) is 4.98 Å². The largest absolute Gasteiger partial charge is 0.497 e. The van der Waals surface area contributed by atoms with E-state index in [2.05, 4.69) is 9.47 Å². The summed E-state index contributed by atoms with van der Waals surface area (Å²) in [5.41, 5.74) is 6.88. The van der Waals surface area contributed by atoms with Crippen molar-refractivity contribution in [3.63, 3.8) is 0 Å². The van der Waals surface area contributed by atoms with Gasteiger partial charge in [-0.05, 0) is 78.9 Å². The molecule has 4 aromatic carbocycles. The van der Waals surface area contributed by atoms with Crippen molar-refractivity contribution in [2.45, 2.75) is 51.0 Å². The Morgan fingerprint density at radius 2 is 1.58 bits per heavy atom. The fourth-order valence-corrected chi connectivity index (χ4v) is 7.24. The second-order valence-electron chi connectivity index (χ2n) is 13.2. The SMILES string of the molecule is COC(=O)[C@H]1[C@H](O)CCN1c1cc2c3c(c1)nc(-c1ccc4oc(N(Cc5ccc(OC)cc5)Cc5ccc(OC)cc5)nc4c1)n3CCCCO2. The molecule has 0 aliphatic carbocycles. The Bertz CT molecular complexity index is 2160. The molecule has 268 valence electrons. The predicted octanol–water partition coefficient (Wildman–Crippen LogP) is 6.35. The number of hydrogen-bond acceptors (Lipinski definition) is 11. The highest BCUT2D eigenvalue weighted by molar-refractivity contribution is 5.92. The van der Waals surface area contributed by atoms with Crippen molar-refractivity contribution in [2.75, 3.05) is 44.3 Å². The second kappa shape index (κ2) is 14.1. The maximum atomic E-state index is 12.7. The molecule has 0 saturated carbocycles. The third-order valence-electron chi connectivity index (χ3n) is 9.94. The standard InChI is InChI=1S/C40H41N5O7/c1-48-29-11-6-25(7-12-29)23-43(24-26-8-13-30(49-2)14-9-26)40-42-31-20-27(10-15-34(31)52-40)38-41-32-21-28(44-18-16-33(46)37(44)39(47)50-3)22-35-36(32)45(38)17-4-5-19-51-35/h6-15,20-22,33,37,46H,4-5,16-19,23-24H2,1-3H3/t33-,37-/m1/s1. The van der Waals surface area contributed by atoms with Crippen molar-refractivity contribution in [3.05, 3.63) is 90.0 Å². The number of carbonyl (C=O) groups is 1. The van der Waals surface area contributed by atoms with Crippen LogP contribution in [0.4, 0.5) is 11.7 Å². The first-order valence-corrected chi connectivity index (χ1v) is 17.5. The van der Waals surface area contributed by atoms with E-state index in [1.54, 1.807) is 14.2 Å². The number of oxazole rings is 1. The van der Waals surface area contributed by atoms with Gasteiger partial charge in [-0.3, -0.25) is 0 Å². The monoisotopic (exact) mass is 703 g/mol. The van der Waals surface area contributed by atoms with Gasteiger partial charge in [0.15, 0.2) is 11.6 Å². The number of esters is 1. The highest BCUT2D eigenvalue weighted by Crippen LogP contribution is 2.39. The van der Waals surface area contributed by atoms with E-state index >= 15 is 0 Å². The van der Waals surface area contributed by atoms with E-state index < -0.39 is 18.1 Å². The van der Waals surface area contributed by atoms with Crippen LogP contribution >= 0.6 is 0 Å². The van der Waals surface area contributed by atoms with Crippen LogP contribution < -0.4 is 24.0 Å². The maximum absolute atomic E-state index is 12.7. The van der Waals surface area contributed by atoms with E-state index in [0.29, 0.717) is 50.0 Å². The van der Waals surface area contributed by atoms with Gasteiger partial charge in [0.05, 0.1) is 39.6 Å².